The third-order valence-corrected chi connectivity index (χ3v) is 7.67. The number of aromatic hydroxyl groups is 2. The van der Waals surface area contributed by atoms with Crippen molar-refractivity contribution in [2.24, 2.45) is 0 Å². The summed E-state index contributed by atoms with van der Waals surface area (Å²) in [7, 11) is 0. The van der Waals surface area contributed by atoms with Crippen LogP contribution in [-0.4, -0.2) is 88.2 Å². The predicted molar refractivity (Wildman–Crippen MR) is 185 cm³/mol. The molecule has 0 aliphatic carbocycles. The smallest absolute Gasteiger partial charge is 0.306 e. The minimum atomic E-state index is -0.285. The fourth-order valence-corrected chi connectivity index (χ4v) is 4.97. The average Bonchev–Trinajstić information content (AvgIpc) is 3.00. The second-order valence-electron chi connectivity index (χ2n) is 14.0. The summed E-state index contributed by atoms with van der Waals surface area (Å²) in [5, 5.41) is 20.7. The normalized spacial score (nSPS) is 11.9. The zero-order valence-electron chi connectivity index (χ0n) is 30.4. The molecule has 0 bridgehead atoms. The van der Waals surface area contributed by atoms with Gasteiger partial charge in [0.1, 0.15) is 24.7 Å². The Morgan fingerprint density at radius 2 is 0.812 bits per heavy atom. The molecule has 0 aromatic heterocycles. The number of esters is 2. The van der Waals surface area contributed by atoms with Crippen molar-refractivity contribution in [3.63, 3.8) is 0 Å². The van der Waals surface area contributed by atoms with Gasteiger partial charge in [-0.25, -0.2) is 0 Å². The number of carbonyl (C=O) groups is 2. The number of hydrogen-bond donors (Lipinski definition) is 2. The number of rotatable bonds is 21. The number of benzene rings is 2. The summed E-state index contributed by atoms with van der Waals surface area (Å²) in [6.07, 6.45) is 1.61. The van der Waals surface area contributed by atoms with E-state index >= 15 is 0 Å². The topological polar surface area (TPSA) is 130 Å². The van der Waals surface area contributed by atoms with Gasteiger partial charge in [0.15, 0.2) is 0 Å². The molecule has 0 amide bonds. The summed E-state index contributed by atoms with van der Waals surface area (Å²) in [5.41, 5.74) is 4.98. The lowest BCUT2D eigenvalue weighted by Gasteiger charge is -2.22. The first-order chi connectivity index (χ1) is 22.6. The van der Waals surface area contributed by atoms with E-state index in [0.717, 1.165) is 33.4 Å². The molecule has 0 atom stereocenters. The van der Waals surface area contributed by atoms with Gasteiger partial charge in [-0.1, -0.05) is 65.8 Å². The third kappa shape index (κ3) is 15.4. The summed E-state index contributed by atoms with van der Waals surface area (Å²) >= 11 is 0. The van der Waals surface area contributed by atoms with Crippen LogP contribution in [0, 0.1) is 13.8 Å². The van der Waals surface area contributed by atoms with Gasteiger partial charge in [-0.15, -0.1) is 0 Å². The molecule has 0 saturated heterocycles. The Balaban J connectivity index is 1.40. The van der Waals surface area contributed by atoms with Crippen molar-refractivity contribution in [1.82, 2.24) is 0 Å². The molecule has 48 heavy (non-hydrogen) atoms. The van der Waals surface area contributed by atoms with Crippen LogP contribution in [0.5, 0.6) is 11.5 Å². The van der Waals surface area contributed by atoms with E-state index < -0.39 is 0 Å². The lowest BCUT2D eigenvalue weighted by molar-refractivity contribution is -0.146. The summed E-state index contributed by atoms with van der Waals surface area (Å²) in [5.74, 6) is 0.0514. The lowest BCUT2D eigenvalue weighted by Crippen LogP contribution is -2.16. The van der Waals surface area contributed by atoms with Crippen molar-refractivity contribution >= 4 is 11.9 Å². The highest BCUT2D eigenvalue weighted by molar-refractivity contribution is 5.70. The van der Waals surface area contributed by atoms with Crippen LogP contribution in [0.4, 0.5) is 0 Å². The Labute approximate surface area is 287 Å². The lowest BCUT2D eigenvalue weighted by atomic mass is 9.83. The molecule has 0 aliphatic rings. The molecule has 0 heterocycles. The number of hydrogen-bond acceptors (Lipinski definition) is 10. The fraction of sp³-hybridized carbons (Fsp3) is 0.632. The maximum Gasteiger partial charge on any atom is 0.306 e. The Bertz CT molecular complexity index is 1190. The molecule has 10 nitrogen and oxygen atoms in total. The van der Waals surface area contributed by atoms with Crippen LogP contribution in [0.25, 0.3) is 0 Å². The second kappa shape index (κ2) is 20.4. The predicted octanol–water partition coefficient (Wildman–Crippen LogP) is 6.03. The van der Waals surface area contributed by atoms with E-state index in [4.69, 9.17) is 28.4 Å². The van der Waals surface area contributed by atoms with E-state index in [1.807, 2.05) is 79.7 Å². The zero-order chi connectivity index (χ0) is 35.7. The van der Waals surface area contributed by atoms with Gasteiger partial charge in [0, 0.05) is 12.8 Å². The molecule has 0 unspecified atom stereocenters. The van der Waals surface area contributed by atoms with E-state index in [9.17, 15) is 19.8 Å². The zero-order valence-corrected chi connectivity index (χ0v) is 30.4. The van der Waals surface area contributed by atoms with Gasteiger partial charge in [0.25, 0.3) is 0 Å². The van der Waals surface area contributed by atoms with Gasteiger partial charge in [-0.3, -0.25) is 9.59 Å². The highest BCUT2D eigenvalue weighted by Gasteiger charge is 2.21. The molecule has 0 spiro atoms. The quantitative estimate of drug-likeness (QED) is 0.120. The highest BCUT2D eigenvalue weighted by Crippen LogP contribution is 2.35. The summed E-state index contributed by atoms with van der Waals surface area (Å²) in [6, 6.07) is 7.75. The molecular formula is C38H58O10. The summed E-state index contributed by atoms with van der Waals surface area (Å²) < 4.78 is 32.4. The maximum absolute atomic E-state index is 12.1. The van der Waals surface area contributed by atoms with Gasteiger partial charge in [0.05, 0.1) is 52.9 Å². The highest BCUT2D eigenvalue weighted by atomic mass is 16.6. The summed E-state index contributed by atoms with van der Waals surface area (Å²) in [4.78, 5) is 24.3. The van der Waals surface area contributed by atoms with Crippen molar-refractivity contribution in [1.29, 1.82) is 0 Å². The molecule has 2 aromatic rings. The Morgan fingerprint density at radius 1 is 0.521 bits per heavy atom. The fourth-order valence-electron chi connectivity index (χ4n) is 4.97. The van der Waals surface area contributed by atoms with Crippen LogP contribution < -0.4 is 0 Å². The molecule has 0 saturated carbocycles. The van der Waals surface area contributed by atoms with Crippen LogP contribution in [0.3, 0.4) is 0 Å². The number of ether oxygens (including phenoxy) is 6. The van der Waals surface area contributed by atoms with Crippen molar-refractivity contribution in [2.75, 3.05) is 66.1 Å². The van der Waals surface area contributed by atoms with Gasteiger partial charge < -0.3 is 38.6 Å². The van der Waals surface area contributed by atoms with E-state index in [1.54, 1.807) is 0 Å². The van der Waals surface area contributed by atoms with Crippen LogP contribution in [0.2, 0.25) is 0 Å². The largest absolute Gasteiger partial charge is 0.507 e. The first-order valence-electron chi connectivity index (χ1n) is 16.9. The van der Waals surface area contributed by atoms with Crippen LogP contribution in [-0.2, 0) is 61.7 Å². The van der Waals surface area contributed by atoms with Gasteiger partial charge in [-0.2, -0.15) is 0 Å². The monoisotopic (exact) mass is 674 g/mol. The van der Waals surface area contributed by atoms with Crippen molar-refractivity contribution in [2.45, 2.75) is 91.9 Å². The molecule has 2 rings (SSSR count). The van der Waals surface area contributed by atoms with E-state index in [2.05, 4.69) is 0 Å². The summed E-state index contributed by atoms with van der Waals surface area (Å²) in [6.45, 7) is 19.4. The number of phenols is 2. The third-order valence-electron chi connectivity index (χ3n) is 7.67. The molecule has 0 fully saturated rings. The number of aryl methyl sites for hydroxylation is 4. The molecule has 270 valence electrons. The Kier molecular flexibility index (Phi) is 17.4. The minimum Gasteiger partial charge on any atom is -0.507 e. The average molecular weight is 675 g/mol. The van der Waals surface area contributed by atoms with Crippen molar-refractivity contribution < 1.29 is 48.2 Å². The first kappa shape index (κ1) is 41.0. The first-order valence-corrected chi connectivity index (χ1v) is 16.9. The minimum absolute atomic E-state index is 0.181. The molecule has 2 aromatic carbocycles. The molecule has 2 N–H and O–H groups in total. The molecule has 0 aliphatic heterocycles. The van der Waals surface area contributed by atoms with Crippen molar-refractivity contribution in [3.05, 3.63) is 57.6 Å². The van der Waals surface area contributed by atoms with Crippen LogP contribution in [0.15, 0.2) is 24.3 Å². The Morgan fingerprint density at radius 3 is 1.10 bits per heavy atom. The number of phenolic OH excluding ortho intramolecular Hbond substituents is 2. The second-order valence-corrected chi connectivity index (χ2v) is 14.0. The maximum atomic E-state index is 12.1. The molecule has 0 radical (unpaired) electrons. The van der Waals surface area contributed by atoms with Crippen LogP contribution >= 0.6 is 0 Å². The van der Waals surface area contributed by atoms with Gasteiger partial charge in [-0.05, 0) is 70.9 Å². The van der Waals surface area contributed by atoms with E-state index in [-0.39, 0.29) is 48.8 Å². The van der Waals surface area contributed by atoms with Crippen LogP contribution in [0.1, 0.15) is 87.8 Å². The van der Waals surface area contributed by atoms with Crippen molar-refractivity contribution in [3.8, 4) is 11.5 Å². The number of carbonyl (C=O) groups excluding carboxylic acids is 2. The SMILES string of the molecule is Cc1cc(CCC(=O)OCCOCCOCCOCCOCCOC(=O)CCc2cc(C)c(O)c(C(C)(C)C)c2)cc(C(C)(C)C)c1O. The molecular weight excluding hydrogens is 616 g/mol. The van der Waals surface area contributed by atoms with Gasteiger partial charge >= 0.3 is 11.9 Å². The molecule has 10 heteroatoms. The van der Waals surface area contributed by atoms with E-state index in [0.29, 0.717) is 77.2 Å². The standard InChI is InChI=1S/C38H58O10/c1-27-23-29(25-31(35(27)41)37(3,4)5)9-11-33(39)47-21-19-45-17-15-43-13-14-44-16-18-46-20-22-48-34(40)12-10-30-24-28(2)36(42)32(26-30)38(6,7)8/h23-26,41-42H,9-22H2,1-8H3. The van der Waals surface area contributed by atoms with E-state index in [1.165, 1.54) is 0 Å². The Hall–Kier alpha value is -3.18. The van der Waals surface area contributed by atoms with Gasteiger partial charge in [0.2, 0.25) is 0 Å².